The number of rotatable bonds is 5. The Hall–Kier alpha value is -2.95. The summed E-state index contributed by atoms with van der Waals surface area (Å²) in [5.41, 5.74) is 5.05. The van der Waals surface area contributed by atoms with Crippen LogP contribution >= 0.6 is 23.2 Å². The van der Waals surface area contributed by atoms with E-state index >= 15 is 0 Å². The molecule has 0 atom stereocenters. The maximum absolute atomic E-state index is 6.46. The Morgan fingerprint density at radius 3 is 2.53 bits per heavy atom. The van der Waals surface area contributed by atoms with E-state index in [1.165, 1.54) is 5.56 Å². The highest BCUT2D eigenvalue weighted by molar-refractivity contribution is 6.36. The summed E-state index contributed by atoms with van der Waals surface area (Å²) < 4.78 is 7.84. The maximum Gasteiger partial charge on any atom is 0.133 e. The topological polar surface area (TPSA) is 39.1 Å². The zero-order valence-electron chi connectivity index (χ0n) is 16.1. The number of hydrogen-bond donors (Lipinski definition) is 1. The Bertz CT molecular complexity index is 1190. The van der Waals surface area contributed by atoms with Gasteiger partial charge in [0, 0.05) is 22.7 Å². The first kappa shape index (κ1) is 19.0. The molecular formula is C24H19Cl2N3O. The van der Waals surface area contributed by atoms with Gasteiger partial charge >= 0.3 is 0 Å². The number of nitrogens with one attached hydrogen (secondary N) is 1. The average molecular weight is 436 g/mol. The van der Waals surface area contributed by atoms with Gasteiger partial charge in [-0.3, -0.25) is 0 Å². The molecule has 3 aromatic carbocycles. The van der Waals surface area contributed by atoms with E-state index in [0.717, 1.165) is 47.0 Å². The lowest BCUT2D eigenvalue weighted by Crippen LogP contribution is -2.04. The third kappa shape index (κ3) is 3.64. The Labute approximate surface area is 185 Å². The molecule has 30 heavy (non-hydrogen) atoms. The Kier molecular flexibility index (Phi) is 5.11. The summed E-state index contributed by atoms with van der Waals surface area (Å²) in [6.45, 7) is 1.42. The zero-order chi connectivity index (χ0) is 20.5. The molecule has 2 heterocycles. The smallest absolute Gasteiger partial charge is 0.133 e. The van der Waals surface area contributed by atoms with Gasteiger partial charge in [0.2, 0.25) is 0 Å². The van der Waals surface area contributed by atoms with E-state index in [2.05, 4.69) is 17.4 Å². The normalized spacial score (nSPS) is 12.5. The highest BCUT2D eigenvalue weighted by Crippen LogP contribution is 2.38. The molecule has 6 heteroatoms. The third-order valence-corrected chi connectivity index (χ3v) is 5.71. The van der Waals surface area contributed by atoms with Gasteiger partial charge in [0.15, 0.2) is 0 Å². The lowest BCUT2D eigenvalue weighted by atomic mass is 10.1. The summed E-state index contributed by atoms with van der Waals surface area (Å²) in [7, 11) is 0. The first-order valence-corrected chi connectivity index (χ1v) is 10.5. The van der Waals surface area contributed by atoms with Crippen LogP contribution in [-0.4, -0.2) is 16.3 Å². The molecule has 1 N–H and O–H groups in total. The lowest BCUT2D eigenvalue weighted by molar-refractivity contribution is 0.306. The van der Waals surface area contributed by atoms with Crippen LogP contribution in [0.1, 0.15) is 11.1 Å². The number of hydrogen-bond acceptors (Lipinski definition) is 3. The van der Waals surface area contributed by atoms with Crippen LogP contribution in [0.25, 0.3) is 16.9 Å². The van der Waals surface area contributed by atoms with Crippen LogP contribution in [0.3, 0.4) is 0 Å². The van der Waals surface area contributed by atoms with E-state index in [0.29, 0.717) is 16.7 Å². The second kappa shape index (κ2) is 8.05. The molecular weight excluding hydrogens is 417 g/mol. The van der Waals surface area contributed by atoms with Crippen molar-refractivity contribution >= 4 is 29.0 Å². The third-order valence-electron chi connectivity index (χ3n) is 5.17. The summed E-state index contributed by atoms with van der Waals surface area (Å²) in [6, 6.07) is 23.6. The van der Waals surface area contributed by atoms with Gasteiger partial charge < -0.3 is 10.1 Å². The predicted octanol–water partition coefficient (Wildman–Crippen LogP) is 6.39. The van der Waals surface area contributed by atoms with Gasteiger partial charge in [0.25, 0.3) is 0 Å². The van der Waals surface area contributed by atoms with Gasteiger partial charge in [0.1, 0.15) is 18.2 Å². The van der Waals surface area contributed by atoms with Crippen LogP contribution < -0.4 is 10.1 Å². The van der Waals surface area contributed by atoms with E-state index in [1.807, 2.05) is 59.3 Å². The van der Waals surface area contributed by atoms with Crippen LogP contribution in [0.4, 0.5) is 5.82 Å². The minimum absolute atomic E-state index is 0.540. The fourth-order valence-corrected chi connectivity index (χ4v) is 4.18. The molecule has 5 rings (SSSR count). The summed E-state index contributed by atoms with van der Waals surface area (Å²) >= 11 is 12.5. The largest absolute Gasteiger partial charge is 0.489 e. The fourth-order valence-electron chi connectivity index (χ4n) is 3.68. The van der Waals surface area contributed by atoms with Crippen molar-refractivity contribution in [3.05, 3.63) is 94.0 Å². The quantitative estimate of drug-likeness (QED) is 0.394. The van der Waals surface area contributed by atoms with E-state index < -0.39 is 0 Å². The first-order valence-electron chi connectivity index (χ1n) is 9.77. The molecule has 0 radical (unpaired) electrons. The van der Waals surface area contributed by atoms with Gasteiger partial charge in [-0.25, -0.2) is 4.68 Å². The molecule has 0 amide bonds. The molecule has 1 aliphatic rings. The summed E-state index contributed by atoms with van der Waals surface area (Å²) in [4.78, 5) is 0. The molecule has 0 saturated carbocycles. The predicted molar refractivity (Wildman–Crippen MR) is 122 cm³/mol. The molecule has 0 spiro atoms. The van der Waals surface area contributed by atoms with Crippen molar-refractivity contribution in [3.8, 4) is 22.7 Å². The molecule has 0 unspecified atom stereocenters. The van der Waals surface area contributed by atoms with Crippen molar-refractivity contribution < 1.29 is 4.74 Å². The number of anilines is 1. The van der Waals surface area contributed by atoms with Crippen molar-refractivity contribution in [3.63, 3.8) is 0 Å². The standard InChI is InChI=1S/C24H19Cl2N3O/c25-17-6-11-20(22(26)14-17)23-21-12-13-27-24(21)29(28-23)18-7-9-19(10-8-18)30-15-16-4-2-1-3-5-16/h1-11,14,27H,12-13,15H2. The number of halogens is 2. The number of benzene rings is 3. The van der Waals surface area contributed by atoms with Crippen LogP contribution in [0.2, 0.25) is 10.0 Å². The first-order chi connectivity index (χ1) is 14.7. The highest BCUT2D eigenvalue weighted by atomic mass is 35.5. The lowest BCUT2D eigenvalue weighted by Gasteiger charge is -2.09. The van der Waals surface area contributed by atoms with Gasteiger partial charge in [-0.1, -0.05) is 53.5 Å². The summed E-state index contributed by atoms with van der Waals surface area (Å²) in [6.07, 6.45) is 0.905. The zero-order valence-corrected chi connectivity index (χ0v) is 17.6. The van der Waals surface area contributed by atoms with E-state index in [9.17, 15) is 0 Å². The minimum Gasteiger partial charge on any atom is -0.489 e. The number of aromatic nitrogens is 2. The van der Waals surface area contributed by atoms with E-state index in [1.54, 1.807) is 6.07 Å². The van der Waals surface area contributed by atoms with Crippen LogP contribution in [0.15, 0.2) is 72.8 Å². The van der Waals surface area contributed by atoms with Crippen molar-refractivity contribution in [1.29, 1.82) is 0 Å². The van der Waals surface area contributed by atoms with E-state index in [-0.39, 0.29) is 0 Å². The second-order valence-corrected chi connectivity index (χ2v) is 8.00. The van der Waals surface area contributed by atoms with Crippen LogP contribution in [0.5, 0.6) is 5.75 Å². The van der Waals surface area contributed by atoms with Gasteiger partial charge in [-0.2, -0.15) is 5.10 Å². The van der Waals surface area contributed by atoms with Crippen molar-refractivity contribution in [2.24, 2.45) is 0 Å². The SMILES string of the molecule is Clc1ccc(-c2nn(-c3ccc(OCc4ccccc4)cc3)c3c2CCN3)c(Cl)c1. The Morgan fingerprint density at radius 2 is 1.77 bits per heavy atom. The molecule has 0 aliphatic carbocycles. The summed E-state index contributed by atoms with van der Waals surface area (Å²) in [5.74, 6) is 1.83. The number of nitrogens with zero attached hydrogens (tertiary/aromatic N) is 2. The van der Waals surface area contributed by atoms with E-state index in [4.69, 9.17) is 33.0 Å². The Balaban J connectivity index is 1.43. The number of ether oxygens (including phenoxy) is 1. The van der Waals surface area contributed by atoms with Crippen molar-refractivity contribution in [2.75, 3.05) is 11.9 Å². The maximum atomic E-state index is 6.46. The molecule has 1 aliphatic heterocycles. The molecule has 1 aromatic heterocycles. The Morgan fingerprint density at radius 1 is 0.967 bits per heavy atom. The molecule has 0 saturated heterocycles. The number of fused-ring (bicyclic) bond motifs is 1. The second-order valence-electron chi connectivity index (χ2n) is 7.16. The van der Waals surface area contributed by atoms with Crippen molar-refractivity contribution in [1.82, 2.24) is 9.78 Å². The van der Waals surface area contributed by atoms with Gasteiger partial charge in [-0.15, -0.1) is 0 Å². The molecule has 0 bridgehead atoms. The van der Waals surface area contributed by atoms with Crippen molar-refractivity contribution in [2.45, 2.75) is 13.0 Å². The fraction of sp³-hybridized carbons (Fsp3) is 0.125. The molecule has 4 nitrogen and oxygen atoms in total. The molecule has 4 aromatic rings. The molecule has 0 fully saturated rings. The average Bonchev–Trinajstić information content (AvgIpc) is 3.37. The minimum atomic E-state index is 0.540. The monoisotopic (exact) mass is 435 g/mol. The molecule has 150 valence electrons. The summed E-state index contributed by atoms with van der Waals surface area (Å²) in [5, 5.41) is 9.54. The highest BCUT2D eigenvalue weighted by Gasteiger charge is 2.25. The van der Waals surface area contributed by atoms with Crippen LogP contribution in [-0.2, 0) is 13.0 Å². The van der Waals surface area contributed by atoms with Crippen LogP contribution in [0, 0.1) is 0 Å². The van der Waals surface area contributed by atoms with Gasteiger partial charge in [-0.05, 0) is 54.4 Å². The van der Waals surface area contributed by atoms with Gasteiger partial charge in [0.05, 0.1) is 16.4 Å².